The minimum atomic E-state index is -1.35. The van der Waals surface area contributed by atoms with Gasteiger partial charge in [-0.2, -0.15) is 0 Å². The number of carbonyl (C=O) groups is 2. The predicted molar refractivity (Wildman–Crippen MR) is 93.7 cm³/mol. The Hall–Kier alpha value is -3.68. The molecule has 1 amide bonds. The number of amides is 1. The van der Waals surface area contributed by atoms with Crippen LogP contribution in [0.5, 0.6) is 0 Å². The van der Waals surface area contributed by atoms with Crippen LogP contribution in [0.4, 0.5) is 4.79 Å². The zero-order valence-electron chi connectivity index (χ0n) is 14.0. The molecule has 0 radical (unpaired) electrons. The first-order valence-corrected chi connectivity index (χ1v) is 8.31. The van der Waals surface area contributed by atoms with Crippen molar-refractivity contribution in [3.63, 3.8) is 0 Å². The first-order chi connectivity index (χ1) is 13.0. The van der Waals surface area contributed by atoms with Gasteiger partial charge in [0.1, 0.15) is 6.61 Å². The van der Waals surface area contributed by atoms with Crippen molar-refractivity contribution in [2.75, 3.05) is 0 Å². The van der Waals surface area contributed by atoms with E-state index < -0.39 is 18.2 Å². The smallest absolute Gasteiger partial charge is 0.405 e. The lowest BCUT2D eigenvalue weighted by Crippen LogP contribution is -2.35. The van der Waals surface area contributed by atoms with Crippen LogP contribution in [0.25, 0.3) is 22.3 Å². The van der Waals surface area contributed by atoms with E-state index in [4.69, 9.17) is 15.2 Å². The standard InChI is InChI=1S/C19H13N3O5/c20-19(25)27-16-11-6-14-15-10(5-9-3-1-2-4-13(9)21-15)7-22(14)17(23)12(11)8-26-18(16)24/h1-6,16H,7-8H2,(H2,20,25)/t16-/m0/s1. The Morgan fingerprint density at radius 3 is 2.89 bits per heavy atom. The van der Waals surface area contributed by atoms with Crippen LogP contribution in [0.2, 0.25) is 0 Å². The summed E-state index contributed by atoms with van der Waals surface area (Å²) in [4.78, 5) is 40.9. The minimum absolute atomic E-state index is 0.169. The molecule has 0 spiro atoms. The van der Waals surface area contributed by atoms with Crippen LogP contribution in [0.15, 0.2) is 41.2 Å². The fourth-order valence-electron chi connectivity index (χ4n) is 3.69. The van der Waals surface area contributed by atoms with Crippen molar-refractivity contribution in [1.29, 1.82) is 0 Å². The molecule has 2 aliphatic heterocycles. The van der Waals surface area contributed by atoms with Gasteiger partial charge in [-0.3, -0.25) is 4.79 Å². The van der Waals surface area contributed by atoms with E-state index in [0.717, 1.165) is 16.5 Å². The summed E-state index contributed by atoms with van der Waals surface area (Å²) in [5, 5.41) is 0.982. The van der Waals surface area contributed by atoms with Gasteiger partial charge in [-0.05, 0) is 18.2 Å². The average Bonchev–Trinajstić information content (AvgIpc) is 3.00. The van der Waals surface area contributed by atoms with Gasteiger partial charge in [0.2, 0.25) is 6.10 Å². The molecule has 0 fully saturated rings. The maximum absolute atomic E-state index is 13.0. The Bertz CT molecular complexity index is 1210. The van der Waals surface area contributed by atoms with Gasteiger partial charge >= 0.3 is 12.1 Å². The Labute approximate surface area is 152 Å². The lowest BCUT2D eigenvalue weighted by Gasteiger charge is -2.24. The van der Waals surface area contributed by atoms with E-state index in [9.17, 15) is 14.4 Å². The summed E-state index contributed by atoms with van der Waals surface area (Å²) in [5.41, 5.74) is 8.31. The summed E-state index contributed by atoms with van der Waals surface area (Å²) < 4.78 is 11.5. The third-order valence-electron chi connectivity index (χ3n) is 4.90. The van der Waals surface area contributed by atoms with E-state index in [-0.39, 0.29) is 17.7 Å². The van der Waals surface area contributed by atoms with Crippen molar-refractivity contribution in [3.8, 4) is 11.4 Å². The largest absolute Gasteiger partial charge is 0.458 e. The third-order valence-corrected chi connectivity index (χ3v) is 4.90. The van der Waals surface area contributed by atoms with Gasteiger partial charge in [0.05, 0.1) is 29.0 Å². The van der Waals surface area contributed by atoms with E-state index in [1.165, 1.54) is 0 Å². The Morgan fingerprint density at radius 2 is 2.07 bits per heavy atom. The summed E-state index contributed by atoms with van der Waals surface area (Å²) in [6.07, 6.45) is -2.47. The minimum Gasteiger partial charge on any atom is -0.458 e. The molecule has 5 rings (SSSR count). The van der Waals surface area contributed by atoms with Gasteiger partial charge in [-0.15, -0.1) is 0 Å². The van der Waals surface area contributed by atoms with Crippen LogP contribution in [-0.2, 0) is 27.4 Å². The number of nitrogens with two attached hydrogens (primary N) is 1. The number of pyridine rings is 2. The van der Waals surface area contributed by atoms with Gasteiger partial charge in [-0.25, -0.2) is 14.6 Å². The van der Waals surface area contributed by atoms with Crippen molar-refractivity contribution < 1.29 is 19.1 Å². The summed E-state index contributed by atoms with van der Waals surface area (Å²) >= 11 is 0. The molecule has 134 valence electrons. The molecule has 0 saturated heterocycles. The molecule has 8 nitrogen and oxygen atoms in total. The summed E-state index contributed by atoms with van der Waals surface area (Å²) in [5.74, 6) is -0.754. The highest BCUT2D eigenvalue weighted by molar-refractivity contribution is 5.85. The second-order valence-electron chi connectivity index (χ2n) is 6.47. The van der Waals surface area contributed by atoms with Gasteiger partial charge in [0.15, 0.2) is 0 Å². The monoisotopic (exact) mass is 363 g/mol. The van der Waals surface area contributed by atoms with Crippen LogP contribution in [0, 0.1) is 0 Å². The molecule has 4 heterocycles. The van der Waals surface area contributed by atoms with Crippen LogP contribution in [-0.4, -0.2) is 21.6 Å². The van der Waals surface area contributed by atoms with E-state index in [1.54, 1.807) is 10.6 Å². The van der Waals surface area contributed by atoms with Crippen LogP contribution in [0.1, 0.15) is 22.8 Å². The van der Waals surface area contributed by atoms with Crippen molar-refractivity contribution in [2.45, 2.75) is 19.3 Å². The van der Waals surface area contributed by atoms with E-state index in [1.807, 2.05) is 30.3 Å². The number of aromatic nitrogens is 2. The van der Waals surface area contributed by atoms with Gasteiger partial charge in [0.25, 0.3) is 5.56 Å². The van der Waals surface area contributed by atoms with E-state index in [2.05, 4.69) is 4.98 Å². The number of hydrogen-bond acceptors (Lipinski definition) is 6. The summed E-state index contributed by atoms with van der Waals surface area (Å²) in [7, 11) is 0. The molecule has 2 aliphatic rings. The molecule has 8 heteroatoms. The van der Waals surface area contributed by atoms with Crippen molar-refractivity contribution >= 4 is 23.0 Å². The number of cyclic esters (lactones) is 1. The fraction of sp³-hybridized carbons (Fsp3) is 0.158. The maximum Gasteiger partial charge on any atom is 0.405 e. The number of esters is 1. The zero-order valence-corrected chi connectivity index (χ0v) is 14.0. The molecule has 2 aromatic heterocycles. The number of carbonyl (C=O) groups excluding carboxylic acids is 2. The van der Waals surface area contributed by atoms with Crippen molar-refractivity contribution in [1.82, 2.24) is 9.55 Å². The SMILES string of the molecule is NC(=O)O[C@@H]1C(=O)OCc2c1cc1n(c2=O)Cc2cc3ccccc3nc2-1. The highest BCUT2D eigenvalue weighted by Gasteiger charge is 2.37. The number of hydrogen-bond donors (Lipinski definition) is 1. The molecular weight excluding hydrogens is 350 g/mol. The third kappa shape index (κ3) is 2.23. The quantitative estimate of drug-likeness (QED) is 0.514. The molecule has 0 unspecified atom stereocenters. The second kappa shape index (κ2) is 5.41. The number of rotatable bonds is 1. The number of benzene rings is 1. The van der Waals surface area contributed by atoms with Gasteiger partial charge in [0, 0.05) is 16.5 Å². The summed E-state index contributed by atoms with van der Waals surface area (Å²) in [6, 6.07) is 11.3. The van der Waals surface area contributed by atoms with Crippen LogP contribution >= 0.6 is 0 Å². The Morgan fingerprint density at radius 1 is 1.26 bits per heavy atom. The molecule has 0 saturated carbocycles. The van der Waals surface area contributed by atoms with E-state index >= 15 is 0 Å². The molecule has 0 aliphatic carbocycles. The second-order valence-corrected chi connectivity index (χ2v) is 6.47. The van der Waals surface area contributed by atoms with Gasteiger partial charge < -0.3 is 19.8 Å². The number of para-hydroxylation sites is 1. The normalized spacial score (nSPS) is 17.0. The highest BCUT2D eigenvalue weighted by Crippen LogP contribution is 2.36. The number of fused-ring (bicyclic) bond motifs is 5. The molecule has 1 aromatic carbocycles. The van der Waals surface area contributed by atoms with E-state index in [0.29, 0.717) is 23.5 Å². The molecule has 3 aromatic rings. The molecule has 1 atom stereocenters. The zero-order chi connectivity index (χ0) is 18.7. The lowest BCUT2D eigenvalue weighted by atomic mass is 10.00. The first kappa shape index (κ1) is 15.6. The topological polar surface area (TPSA) is 114 Å². The fourth-order valence-corrected chi connectivity index (χ4v) is 3.69. The Kier molecular flexibility index (Phi) is 3.12. The number of nitrogens with zero attached hydrogens (tertiary/aromatic N) is 2. The lowest BCUT2D eigenvalue weighted by molar-refractivity contribution is -0.157. The number of primary amides is 1. The summed E-state index contributed by atoms with van der Waals surface area (Å²) in [6.45, 7) is 0.210. The molecule has 0 bridgehead atoms. The van der Waals surface area contributed by atoms with Gasteiger partial charge in [-0.1, -0.05) is 18.2 Å². The number of ether oxygens (including phenoxy) is 2. The van der Waals surface area contributed by atoms with Crippen LogP contribution in [0.3, 0.4) is 0 Å². The highest BCUT2D eigenvalue weighted by atomic mass is 16.6. The molecule has 27 heavy (non-hydrogen) atoms. The molecular formula is C19H13N3O5. The van der Waals surface area contributed by atoms with Crippen LogP contribution < -0.4 is 11.3 Å². The first-order valence-electron chi connectivity index (χ1n) is 8.31. The Balaban J connectivity index is 1.74. The van der Waals surface area contributed by atoms with Crippen molar-refractivity contribution in [3.05, 3.63) is 63.4 Å². The molecule has 2 N–H and O–H groups in total. The average molecular weight is 363 g/mol. The maximum atomic E-state index is 13.0. The predicted octanol–water partition coefficient (Wildman–Crippen LogP) is 1.62. The van der Waals surface area contributed by atoms with Crippen molar-refractivity contribution in [2.24, 2.45) is 5.73 Å².